The number of nitrogens with one attached hydrogen (secondary N) is 2. The Morgan fingerprint density at radius 1 is 1.10 bits per heavy atom. The number of hydrogen-bond acceptors (Lipinski definition) is 4. The quantitative estimate of drug-likeness (QED) is 0.450. The third-order valence-corrected chi connectivity index (χ3v) is 6.10. The first-order chi connectivity index (χ1) is 15.2. The van der Waals surface area contributed by atoms with Crippen LogP contribution in [0.2, 0.25) is 0 Å². The summed E-state index contributed by atoms with van der Waals surface area (Å²) in [5, 5.41) is 12.8. The molecule has 0 radical (unpaired) electrons. The molecule has 160 valence electrons. The van der Waals surface area contributed by atoms with E-state index in [1.807, 2.05) is 18.2 Å². The van der Waals surface area contributed by atoms with Crippen LogP contribution in [0.4, 0.5) is 0 Å². The number of aromatic nitrogens is 3. The summed E-state index contributed by atoms with van der Waals surface area (Å²) in [6.07, 6.45) is 3.82. The molecule has 4 aromatic rings. The van der Waals surface area contributed by atoms with Crippen LogP contribution in [0.15, 0.2) is 48.5 Å². The molecule has 0 aliphatic carbocycles. The summed E-state index contributed by atoms with van der Waals surface area (Å²) >= 11 is 0. The van der Waals surface area contributed by atoms with Crippen molar-refractivity contribution < 1.29 is 4.79 Å². The predicted octanol–water partition coefficient (Wildman–Crippen LogP) is 3.32. The average molecular weight is 417 g/mol. The summed E-state index contributed by atoms with van der Waals surface area (Å²) in [6.45, 7) is 3.96. The molecule has 5 rings (SSSR count). The first-order valence-electron chi connectivity index (χ1n) is 11.0. The highest BCUT2D eigenvalue weighted by Crippen LogP contribution is 2.32. The number of rotatable bonds is 6. The lowest BCUT2D eigenvalue weighted by Crippen LogP contribution is -2.31. The van der Waals surface area contributed by atoms with Gasteiger partial charge in [0.25, 0.3) is 5.91 Å². The number of H-pyrrole nitrogens is 1. The Kier molecular flexibility index (Phi) is 5.44. The zero-order valence-electron chi connectivity index (χ0n) is 17.6. The number of carbonyl (C=O) groups excluding carboxylic acids is 1. The van der Waals surface area contributed by atoms with Gasteiger partial charge in [-0.15, -0.1) is 0 Å². The molecule has 7 heteroatoms. The Morgan fingerprint density at radius 2 is 1.94 bits per heavy atom. The Bertz CT molecular complexity index is 1220. The summed E-state index contributed by atoms with van der Waals surface area (Å²) in [6, 6.07) is 16.3. The first-order valence-corrected chi connectivity index (χ1v) is 11.0. The van der Waals surface area contributed by atoms with Crippen molar-refractivity contribution in [2.45, 2.75) is 25.9 Å². The lowest BCUT2D eigenvalue weighted by atomic mass is 10.1. The minimum Gasteiger partial charge on any atom is -0.351 e. The van der Waals surface area contributed by atoms with E-state index in [0.29, 0.717) is 18.7 Å². The van der Waals surface area contributed by atoms with Crippen molar-refractivity contribution >= 4 is 27.7 Å². The Labute approximate surface area is 181 Å². The highest BCUT2D eigenvalue weighted by Gasteiger charge is 2.19. The Morgan fingerprint density at radius 3 is 2.77 bits per heavy atom. The number of para-hydroxylation sites is 1. The fourth-order valence-electron chi connectivity index (χ4n) is 4.50. The van der Waals surface area contributed by atoms with Crippen LogP contribution in [0.5, 0.6) is 0 Å². The van der Waals surface area contributed by atoms with Crippen LogP contribution in [0, 0.1) is 0 Å². The van der Waals surface area contributed by atoms with E-state index in [-0.39, 0.29) is 5.91 Å². The van der Waals surface area contributed by atoms with Gasteiger partial charge in [-0.25, -0.2) is 0 Å². The molecular weight excluding hydrogens is 388 g/mol. The predicted molar refractivity (Wildman–Crippen MR) is 124 cm³/mol. The molecule has 1 fully saturated rings. The number of nitrogens with two attached hydrogens (primary N) is 1. The van der Waals surface area contributed by atoms with E-state index >= 15 is 0 Å². The summed E-state index contributed by atoms with van der Waals surface area (Å²) in [5.41, 5.74) is 10.2. The number of carbonyl (C=O) groups is 1. The molecular formula is C24H28N6O. The number of benzene rings is 2. The third kappa shape index (κ3) is 3.82. The second-order valence-corrected chi connectivity index (χ2v) is 8.21. The molecule has 31 heavy (non-hydrogen) atoms. The van der Waals surface area contributed by atoms with Gasteiger partial charge in [0.2, 0.25) is 0 Å². The summed E-state index contributed by atoms with van der Waals surface area (Å²) < 4.78 is 2.36. The maximum atomic E-state index is 12.5. The normalized spacial score (nSPS) is 15.0. The number of piperidine rings is 1. The van der Waals surface area contributed by atoms with E-state index in [0.717, 1.165) is 42.0 Å². The van der Waals surface area contributed by atoms with E-state index in [4.69, 9.17) is 5.73 Å². The van der Waals surface area contributed by atoms with Crippen molar-refractivity contribution in [3.05, 3.63) is 54.1 Å². The van der Waals surface area contributed by atoms with Gasteiger partial charge in [-0.3, -0.25) is 14.8 Å². The Hall–Kier alpha value is -3.16. The van der Waals surface area contributed by atoms with Crippen LogP contribution >= 0.6 is 0 Å². The van der Waals surface area contributed by atoms with Gasteiger partial charge in [-0.05, 0) is 56.3 Å². The number of nitrogens with zero attached hydrogens (tertiary/aromatic N) is 3. The molecule has 1 aliphatic heterocycles. The zero-order chi connectivity index (χ0) is 21.2. The van der Waals surface area contributed by atoms with Gasteiger partial charge in [0.15, 0.2) is 0 Å². The van der Waals surface area contributed by atoms with Gasteiger partial charge in [0.05, 0.1) is 17.9 Å². The lowest BCUT2D eigenvalue weighted by Gasteiger charge is -2.28. The smallest absolute Gasteiger partial charge is 0.251 e. The van der Waals surface area contributed by atoms with Crippen LogP contribution in [0.25, 0.3) is 33.2 Å². The van der Waals surface area contributed by atoms with Crippen molar-refractivity contribution in [3.63, 3.8) is 0 Å². The monoisotopic (exact) mass is 416 g/mol. The number of amides is 1. The number of likely N-dealkylation sites (tertiary alicyclic amines) is 1. The first kappa shape index (κ1) is 19.8. The standard InChI is InChI=1S/C24H28N6O/c25-10-11-26-24(31)18-8-9-20-19(14-18)23(28-27-20)22-15-17-6-2-3-7-21(17)30(22)16-29-12-4-1-5-13-29/h2-3,6-9,14-15H,1,4-5,10-13,16,25H2,(H,26,31)(H,27,28). The Balaban J connectivity index is 1.59. The minimum absolute atomic E-state index is 0.117. The van der Waals surface area contributed by atoms with Gasteiger partial charge < -0.3 is 15.6 Å². The van der Waals surface area contributed by atoms with Crippen molar-refractivity contribution in [2.24, 2.45) is 5.73 Å². The minimum atomic E-state index is -0.117. The number of aromatic amines is 1. The van der Waals surface area contributed by atoms with Crippen molar-refractivity contribution in [2.75, 3.05) is 26.2 Å². The van der Waals surface area contributed by atoms with E-state index in [9.17, 15) is 4.79 Å². The van der Waals surface area contributed by atoms with Crippen LogP contribution in [0.1, 0.15) is 29.6 Å². The third-order valence-electron chi connectivity index (χ3n) is 6.10. The van der Waals surface area contributed by atoms with Crippen LogP contribution < -0.4 is 11.1 Å². The molecule has 1 aliphatic rings. The molecule has 1 amide bonds. The topological polar surface area (TPSA) is 92.0 Å². The zero-order valence-corrected chi connectivity index (χ0v) is 17.6. The van der Waals surface area contributed by atoms with Gasteiger partial charge >= 0.3 is 0 Å². The van der Waals surface area contributed by atoms with Crippen LogP contribution in [-0.2, 0) is 6.67 Å². The molecule has 3 heterocycles. The molecule has 2 aromatic heterocycles. The van der Waals surface area contributed by atoms with Gasteiger partial charge in [-0.1, -0.05) is 24.6 Å². The van der Waals surface area contributed by atoms with Gasteiger partial charge in [0.1, 0.15) is 5.69 Å². The molecule has 2 aromatic carbocycles. The maximum absolute atomic E-state index is 12.5. The summed E-state index contributed by atoms with van der Waals surface area (Å²) in [4.78, 5) is 15.0. The van der Waals surface area contributed by atoms with Crippen molar-refractivity contribution in [1.82, 2.24) is 25.0 Å². The van der Waals surface area contributed by atoms with E-state index in [2.05, 4.69) is 55.3 Å². The number of hydrogen-bond donors (Lipinski definition) is 3. The molecule has 0 spiro atoms. The lowest BCUT2D eigenvalue weighted by molar-refractivity contribution is 0.0955. The highest BCUT2D eigenvalue weighted by atomic mass is 16.1. The van der Waals surface area contributed by atoms with E-state index in [1.165, 1.54) is 30.2 Å². The SMILES string of the molecule is NCCNC(=O)c1ccc2[nH]nc(-c3cc4ccccc4n3CN3CCCCC3)c2c1. The maximum Gasteiger partial charge on any atom is 0.251 e. The second kappa shape index (κ2) is 8.53. The average Bonchev–Trinajstić information content (AvgIpc) is 3.39. The van der Waals surface area contributed by atoms with Gasteiger partial charge in [0, 0.05) is 34.9 Å². The molecule has 0 bridgehead atoms. The fraction of sp³-hybridized carbons (Fsp3) is 0.333. The summed E-state index contributed by atoms with van der Waals surface area (Å²) in [5.74, 6) is -0.117. The van der Waals surface area contributed by atoms with Gasteiger partial charge in [-0.2, -0.15) is 5.10 Å². The summed E-state index contributed by atoms with van der Waals surface area (Å²) in [7, 11) is 0. The molecule has 0 atom stereocenters. The van der Waals surface area contributed by atoms with Crippen molar-refractivity contribution in [1.29, 1.82) is 0 Å². The van der Waals surface area contributed by atoms with Crippen LogP contribution in [-0.4, -0.2) is 51.8 Å². The van der Waals surface area contributed by atoms with Crippen molar-refractivity contribution in [3.8, 4) is 11.4 Å². The highest BCUT2D eigenvalue weighted by molar-refractivity contribution is 6.02. The number of fused-ring (bicyclic) bond motifs is 2. The van der Waals surface area contributed by atoms with E-state index < -0.39 is 0 Å². The van der Waals surface area contributed by atoms with Crippen LogP contribution in [0.3, 0.4) is 0 Å². The fourth-order valence-corrected chi connectivity index (χ4v) is 4.50. The molecule has 4 N–H and O–H groups in total. The van der Waals surface area contributed by atoms with E-state index in [1.54, 1.807) is 0 Å². The molecule has 7 nitrogen and oxygen atoms in total. The molecule has 0 saturated carbocycles. The largest absolute Gasteiger partial charge is 0.351 e. The second-order valence-electron chi connectivity index (χ2n) is 8.21. The molecule has 1 saturated heterocycles. The molecule has 0 unspecified atom stereocenters.